The van der Waals surface area contributed by atoms with E-state index in [0.29, 0.717) is 24.2 Å². The molecule has 0 unspecified atom stereocenters. The van der Waals surface area contributed by atoms with Crippen molar-refractivity contribution in [1.29, 1.82) is 0 Å². The molecule has 35 heavy (non-hydrogen) atoms. The number of piperazine rings is 1. The predicted octanol–water partition coefficient (Wildman–Crippen LogP) is 3.44. The molecule has 7 heteroatoms. The summed E-state index contributed by atoms with van der Waals surface area (Å²) in [7, 11) is 2.12. The Labute approximate surface area is 203 Å². The minimum Gasteiger partial charge on any atom is -0.507 e. The summed E-state index contributed by atoms with van der Waals surface area (Å²) in [6.07, 6.45) is 2.13. The molecule has 176 valence electrons. The van der Waals surface area contributed by atoms with Gasteiger partial charge in [-0.3, -0.25) is 9.59 Å². The topological polar surface area (TPSA) is 77.0 Å². The second kappa shape index (κ2) is 8.36. The van der Waals surface area contributed by atoms with Crippen LogP contribution in [0.4, 0.5) is 11.5 Å². The molecule has 7 nitrogen and oxygen atoms in total. The maximum Gasteiger partial charge on any atom is 0.210 e. The Balaban J connectivity index is 1.45. The van der Waals surface area contributed by atoms with Gasteiger partial charge in [0.1, 0.15) is 11.6 Å². The summed E-state index contributed by atoms with van der Waals surface area (Å²) in [4.78, 5) is 38.6. The zero-order chi connectivity index (χ0) is 24.1. The van der Waals surface area contributed by atoms with Gasteiger partial charge in [-0.05, 0) is 42.4 Å². The summed E-state index contributed by atoms with van der Waals surface area (Å²) >= 11 is 0. The maximum atomic E-state index is 13.8. The van der Waals surface area contributed by atoms with Crippen LogP contribution < -0.4 is 9.80 Å². The minimum absolute atomic E-state index is 0.0964. The number of likely N-dealkylation sites (N-methyl/N-ethyl adjacent to an activating group) is 1. The van der Waals surface area contributed by atoms with E-state index in [0.717, 1.165) is 48.8 Å². The highest BCUT2D eigenvalue weighted by molar-refractivity contribution is 6.29. The van der Waals surface area contributed by atoms with Crippen LogP contribution in [0.1, 0.15) is 31.8 Å². The third-order valence-electron chi connectivity index (χ3n) is 7.24. The molecule has 1 N–H and O–H groups in total. The number of carbonyl (C=O) groups is 2. The first-order valence-corrected chi connectivity index (χ1v) is 11.9. The summed E-state index contributed by atoms with van der Waals surface area (Å²) in [6.45, 7) is 4.28. The lowest BCUT2D eigenvalue weighted by atomic mass is 9.84. The van der Waals surface area contributed by atoms with Gasteiger partial charge in [0.05, 0.1) is 23.1 Å². The number of ketones is 2. The van der Waals surface area contributed by atoms with Gasteiger partial charge in [0.25, 0.3) is 0 Å². The SMILES string of the molecule is CN1CCN(c2ccc(N3Cc4ccccc4CC4=C3C(=O)c3cccc(O)c3C4=O)cn2)CC1. The number of anilines is 2. The smallest absolute Gasteiger partial charge is 0.210 e. The van der Waals surface area contributed by atoms with E-state index in [1.165, 1.54) is 6.07 Å². The first kappa shape index (κ1) is 21.6. The number of Topliss-reactive ketones (excluding diaryl/α,β-unsaturated/α-hetero) is 2. The summed E-state index contributed by atoms with van der Waals surface area (Å²) in [5, 5.41) is 10.4. The van der Waals surface area contributed by atoms with Crippen molar-refractivity contribution in [3.05, 3.63) is 94.3 Å². The molecule has 1 aromatic heterocycles. The molecule has 1 aliphatic carbocycles. The fourth-order valence-electron chi connectivity index (χ4n) is 5.25. The Bertz CT molecular complexity index is 1370. The number of aromatic nitrogens is 1. The molecular weight excluding hydrogens is 440 g/mol. The third kappa shape index (κ3) is 3.59. The van der Waals surface area contributed by atoms with E-state index >= 15 is 0 Å². The lowest BCUT2D eigenvalue weighted by Gasteiger charge is -2.34. The van der Waals surface area contributed by atoms with Gasteiger partial charge in [0.2, 0.25) is 5.78 Å². The predicted molar refractivity (Wildman–Crippen MR) is 134 cm³/mol. The number of carbonyl (C=O) groups excluding carboxylic acids is 2. The molecule has 3 aliphatic rings. The van der Waals surface area contributed by atoms with E-state index in [4.69, 9.17) is 4.98 Å². The van der Waals surface area contributed by atoms with Crippen molar-refractivity contribution in [2.45, 2.75) is 13.0 Å². The number of rotatable bonds is 2. The van der Waals surface area contributed by atoms with Crippen molar-refractivity contribution in [2.75, 3.05) is 43.0 Å². The quantitative estimate of drug-likeness (QED) is 0.620. The van der Waals surface area contributed by atoms with Gasteiger partial charge in [-0.15, -0.1) is 0 Å². The normalized spacial score (nSPS) is 18.2. The number of fused-ring (bicyclic) bond motifs is 2. The molecule has 0 bridgehead atoms. The molecule has 0 spiro atoms. The number of pyridine rings is 1. The van der Waals surface area contributed by atoms with Crippen LogP contribution in [0, 0.1) is 0 Å². The van der Waals surface area contributed by atoms with Gasteiger partial charge in [-0.25, -0.2) is 4.98 Å². The Hall–Kier alpha value is -3.97. The maximum absolute atomic E-state index is 13.8. The van der Waals surface area contributed by atoms with Gasteiger partial charge >= 0.3 is 0 Å². The Morgan fingerprint density at radius 1 is 0.857 bits per heavy atom. The summed E-state index contributed by atoms with van der Waals surface area (Å²) < 4.78 is 0. The molecular formula is C28H26N4O3. The number of phenolic OH excluding ortho intramolecular Hbond substituents is 1. The lowest BCUT2D eigenvalue weighted by Crippen LogP contribution is -2.44. The highest BCUT2D eigenvalue weighted by Crippen LogP contribution is 2.39. The highest BCUT2D eigenvalue weighted by Gasteiger charge is 2.39. The van der Waals surface area contributed by atoms with Crippen molar-refractivity contribution >= 4 is 23.1 Å². The Morgan fingerprint density at radius 3 is 2.37 bits per heavy atom. The fraction of sp³-hybridized carbons (Fsp3) is 0.250. The molecule has 1 fully saturated rings. The molecule has 0 radical (unpaired) electrons. The van der Waals surface area contributed by atoms with E-state index in [1.54, 1.807) is 18.3 Å². The van der Waals surface area contributed by atoms with E-state index in [-0.39, 0.29) is 28.4 Å². The number of phenols is 1. The molecule has 3 aromatic rings. The molecule has 6 rings (SSSR count). The number of hydrogen-bond acceptors (Lipinski definition) is 7. The molecule has 0 saturated carbocycles. The van der Waals surface area contributed by atoms with Crippen LogP contribution in [0.2, 0.25) is 0 Å². The minimum atomic E-state index is -0.295. The monoisotopic (exact) mass is 466 g/mol. The average Bonchev–Trinajstić information content (AvgIpc) is 3.05. The third-order valence-corrected chi connectivity index (χ3v) is 7.24. The van der Waals surface area contributed by atoms with Crippen LogP contribution in [0.25, 0.3) is 0 Å². The van der Waals surface area contributed by atoms with Gasteiger partial charge in [0, 0.05) is 50.3 Å². The second-order valence-corrected chi connectivity index (χ2v) is 9.38. The van der Waals surface area contributed by atoms with Crippen molar-refractivity contribution in [1.82, 2.24) is 9.88 Å². The number of benzene rings is 2. The van der Waals surface area contributed by atoms with Gasteiger partial charge in [-0.2, -0.15) is 0 Å². The largest absolute Gasteiger partial charge is 0.507 e. The molecule has 0 atom stereocenters. The summed E-state index contributed by atoms with van der Waals surface area (Å²) in [5.41, 5.74) is 3.95. The van der Waals surface area contributed by atoms with Crippen LogP contribution in [0.3, 0.4) is 0 Å². The van der Waals surface area contributed by atoms with Crippen LogP contribution in [-0.4, -0.2) is 59.8 Å². The van der Waals surface area contributed by atoms with Crippen LogP contribution in [-0.2, 0) is 13.0 Å². The zero-order valence-corrected chi connectivity index (χ0v) is 19.6. The molecule has 2 aliphatic heterocycles. The second-order valence-electron chi connectivity index (χ2n) is 9.38. The molecule has 3 heterocycles. The number of hydrogen-bond donors (Lipinski definition) is 1. The van der Waals surface area contributed by atoms with Gasteiger partial charge in [-0.1, -0.05) is 30.3 Å². The molecule has 2 aromatic carbocycles. The standard InChI is InChI=1S/C28H26N4O3/c1-30-11-13-31(14-12-30)24-10-9-20(16-29-24)32-17-19-6-3-2-5-18(19)15-22-26(32)28(35)21-7-4-8-23(33)25(21)27(22)34/h2-10,16,33H,11-15,17H2,1H3. The van der Waals surface area contributed by atoms with E-state index in [9.17, 15) is 14.7 Å². The van der Waals surface area contributed by atoms with Crippen molar-refractivity contribution in [3.63, 3.8) is 0 Å². The van der Waals surface area contributed by atoms with Gasteiger partial charge in [0.15, 0.2) is 5.78 Å². The van der Waals surface area contributed by atoms with Crippen molar-refractivity contribution in [2.24, 2.45) is 0 Å². The van der Waals surface area contributed by atoms with Crippen LogP contribution in [0.15, 0.2) is 72.1 Å². The average molecular weight is 467 g/mol. The zero-order valence-electron chi connectivity index (χ0n) is 19.6. The fourth-order valence-corrected chi connectivity index (χ4v) is 5.25. The number of allylic oxidation sites excluding steroid dienone is 2. The highest BCUT2D eigenvalue weighted by atomic mass is 16.3. The van der Waals surface area contributed by atoms with E-state index < -0.39 is 0 Å². The van der Waals surface area contributed by atoms with Crippen molar-refractivity contribution < 1.29 is 14.7 Å². The first-order valence-electron chi connectivity index (χ1n) is 11.9. The Morgan fingerprint density at radius 2 is 1.63 bits per heavy atom. The first-order chi connectivity index (χ1) is 17.0. The van der Waals surface area contributed by atoms with E-state index in [1.807, 2.05) is 41.3 Å². The molecule has 1 saturated heterocycles. The van der Waals surface area contributed by atoms with Gasteiger partial charge < -0.3 is 19.8 Å². The molecule has 0 amide bonds. The van der Waals surface area contributed by atoms with Crippen LogP contribution in [0.5, 0.6) is 5.75 Å². The lowest BCUT2D eigenvalue weighted by molar-refractivity contribution is 0.0968. The summed E-state index contributed by atoms with van der Waals surface area (Å²) in [5.74, 6) is 0.208. The number of nitrogens with zero attached hydrogens (tertiary/aromatic N) is 4. The van der Waals surface area contributed by atoms with Crippen molar-refractivity contribution in [3.8, 4) is 5.75 Å². The van der Waals surface area contributed by atoms with E-state index in [2.05, 4.69) is 16.8 Å². The Kier molecular flexibility index (Phi) is 5.15. The summed E-state index contributed by atoms with van der Waals surface area (Å²) in [6, 6.07) is 16.6. The number of aromatic hydroxyl groups is 1. The van der Waals surface area contributed by atoms with Crippen LogP contribution >= 0.6 is 0 Å².